The van der Waals surface area contributed by atoms with E-state index in [1.807, 2.05) is 0 Å². The summed E-state index contributed by atoms with van der Waals surface area (Å²) in [5.74, 6) is 0.603. The van der Waals surface area contributed by atoms with Crippen molar-refractivity contribution >= 4 is 21.5 Å². The fraction of sp³-hybridized carbons (Fsp3) is 0.235. The number of alkyl halides is 3. The van der Waals surface area contributed by atoms with Crippen molar-refractivity contribution in [3.63, 3.8) is 0 Å². The summed E-state index contributed by atoms with van der Waals surface area (Å²) in [5, 5.41) is 15.2. The van der Waals surface area contributed by atoms with E-state index in [1.165, 1.54) is 30.3 Å². The number of hydrogen-bond donors (Lipinski definition) is 2. The fourth-order valence-electron chi connectivity index (χ4n) is 3.00. The number of benzene rings is 2. The van der Waals surface area contributed by atoms with E-state index in [4.69, 9.17) is 14.6 Å². The zero-order valence-corrected chi connectivity index (χ0v) is 15.4. The quantitative estimate of drug-likeness (QED) is 0.766. The average molecular weight is 429 g/mol. The zero-order chi connectivity index (χ0) is 21.0. The molecule has 2 aromatic rings. The lowest BCUT2D eigenvalue weighted by atomic mass is 10.1. The van der Waals surface area contributed by atoms with E-state index in [-0.39, 0.29) is 28.8 Å². The van der Waals surface area contributed by atoms with E-state index in [0.717, 1.165) is 17.0 Å². The number of aliphatic hydroxyl groups is 1. The smallest absolute Gasteiger partial charge is 0.440 e. The molecule has 0 fully saturated rings. The highest BCUT2D eigenvalue weighted by molar-refractivity contribution is 7.89. The molecule has 0 bridgehead atoms. The highest BCUT2D eigenvalue weighted by Gasteiger charge is 2.59. The number of amidine groups is 1. The van der Waals surface area contributed by atoms with Crippen LogP contribution >= 0.6 is 0 Å². The summed E-state index contributed by atoms with van der Waals surface area (Å²) >= 11 is 0. The van der Waals surface area contributed by atoms with Gasteiger partial charge in [-0.05, 0) is 42.5 Å². The van der Waals surface area contributed by atoms with Crippen LogP contribution in [0.2, 0.25) is 0 Å². The number of β-amino-alcohol motifs (C(OH)–C–C–N with tert-alkyl or cyclic N) is 1. The second-order valence-corrected chi connectivity index (χ2v) is 8.00. The summed E-state index contributed by atoms with van der Waals surface area (Å²) in [4.78, 5) is 4.49. The van der Waals surface area contributed by atoms with Crippen LogP contribution in [0, 0.1) is 0 Å². The van der Waals surface area contributed by atoms with E-state index >= 15 is 0 Å². The van der Waals surface area contributed by atoms with Gasteiger partial charge >= 0.3 is 6.18 Å². The monoisotopic (exact) mass is 429 g/mol. The van der Waals surface area contributed by atoms with Gasteiger partial charge in [-0.2, -0.15) is 13.2 Å². The van der Waals surface area contributed by atoms with Gasteiger partial charge in [0.15, 0.2) is 11.5 Å². The van der Waals surface area contributed by atoms with Gasteiger partial charge in [0.1, 0.15) is 5.84 Å². The number of aliphatic imine (C=N–C) groups is 1. The molecule has 0 amide bonds. The molecule has 3 N–H and O–H groups in total. The van der Waals surface area contributed by atoms with Gasteiger partial charge in [0.05, 0.1) is 11.4 Å². The molecule has 0 spiro atoms. The van der Waals surface area contributed by atoms with Crippen LogP contribution in [0.4, 0.5) is 18.9 Å². The number of fused-ring (bicyclic) bond motifs is 1. The van der Waals surface area contributed by atoms with Gasteiger partial charge < -0.3 is 19.5 Å². The van der Waals surface area contributed by atoms with Crippen LogP contribution in [-0.2, 0) is 10.0 Å². The van der Waals surface area contributed by atoms with Gasteiger partial charge in [0, 0.05) is 11.3 Å². The van der Waals surface area contributed by atoms with Crippen molar-refractivity contribution in [3.8, 4) is 11.5 Å². The maximum absolute atomic E-state index is 13.4. The molecule has 2 aliphatic rings. The van der Waals surface area contributed by atoms with Crippen LogP contribution in [-0.4, -0.2) is 44.6 Å². The lowest BCUT2D eigenvalue weighted by molar-refractivity contribution is -0.249. The number of anilines is 1. The highest BCUT2D eigenvalue weighted by atomic mass is 32.2. The van der Waals surface area contributed by atoms with E-state index in [0.29, 0.717) is 11.5 Å². The van der Waals surface area contributed by atoms with Gasteiger partial charge in [-0.15, -0.1) is 0 Å². The van der Waals surface area contributed by atoms with Gasteiger partial charge in [-0.1, -0.05) is 0 Å². The predicted octanol–water partition coefficient (Wildman–Crippen LogP) is 1.58. The molecule has 0 aromatic heterocycles. The first kappa shape index (κ1) is 19.5. The van der Waals surface area contributed by atoms with Crippen LogP contribution in [0.3, 0.4) is 0 Å². The van der Waals surface area contributed by atoms with Gasteiger partial charge in [-0.25, -0.2) is 18.5 Å². The minimum absolute atomic E-state index is 0.0174. The van der Waals surface area contributed by atoms with E-state index in [1.54, 1.807) is 0 Å². The molecule has 4 rings (SSSR count). The Kier molecular flexibility index (Phi) is 4.26. The molecule has 1 atom stereocenters. The Bertz CT molecular complexity index is 1100. The predicted molar refractivity (Wildman–Crippen MR) is 95.3 cm³/mol. The van der Waals surface area contributed by atoms with Gasteiger partial charge in [0.25, 0.3) is 5.72 Å². The third-order valence-electron chi connectivity index (χ3n) is 4.49. The molecule has 0 saturated carbocycles. The average Bonchev–Trinajstić information content (AvgIpc) is 3.25. The Morgan fingerprint density at radius 1 is 1.10 bits per heavy atom. The summed E-state index contributed by atoms with van der Waals surface area (Å²) in [5.41, 5.74) is -2.89. The Morgan fingerprint density at radius 3 is 2.38 bits per heavy atom. The molecule has 2 aromatic carbocycles. The van der Waals surface area contributed by atoms with Crippen LogP contribution in [0.1, 0.15) is 5.56 Å². The topological polar surface area (TPSA) is 114 Å². The molecule has 154 valence electrons. The third-order valence-corrected chi connectivity index (χ3v) is 5.42. The molecule has 29 heavy (non-hydrogen) atoms. The Balaban J connectivity index is 1.79. The van der Waals surface area contributed by atoms with Crippen molar-refractivity contribution < 1.29 is 36.2 Å². The van der Waals surface area contributed by atoms with E-state index in [9.17, 15) is 26.7 Å². The molecule has 0 radical (unpaired) electrons. The molecule has 12 heteroatoms. The van der Waals surface area contributed by atoms with Gasteiger partial charge in [0.2, 0.25) is 16.8 Å². The van der Waals surface area contributed by atoms with Crippen molar-refractivity contribution in [3.05, 3.63) is 48.0 Å². The van der Waals surface area contributed by atoms with Crippen LogP contribution < -0.4 is 19.5 Å². The van der Waals surface area contributed by atoms with Crippen molar-refractivity contribution in [2.75, 3.05) is 18.2 Å². The van der Waals surface area contributed by atoms with Crippen molar-refractivity contribution in [1.29, 1.82) is 0 Å². The minimum atomic E-state index is -5.02. The molecule has 2 aliphatic heterocycles. The van der Waals surface area contributed by atoms with Crippen molar-refractivity contribution in [1.82, 2.24) is 0 Å². The largest absolute Gasteiger partial charge is 0.454 e. The first-order valence-electron chi connectivity index (χ1n) is 8.17. The lowest BCUT2D eigenvalue weighted by Crippen LogP contribution is -2.47. The lowest BCUT2D eigenvalue weighted by Gasteiger charge is -2.25. The summed E-state index contributed by atoms with van der Waals surface area (Å²) in [7, 11) is -3.97. The Hall–Kier alpha value is -2.83. The number of primary sulfonamides is 1. The molecule has 0 aliphatic carbocycles. The number of nitrogens with two attached hydrogens (primary N) is 1. The number of nitrogens with zero attached hydrogens (tertiary/aromatic N) is 2. The normalized spacial score (nSPS) is 21.4. The molecular weight excluding hydrogens is 415 g/mol. The fourth-order valence-corrected chi connectivity index (χ4v) is 3.52. The summed E-state index contributed by atoms with van der Waals surface area (Å²) in [6, 6.07) is 9.34. The first-order valence-corrected chi connectivity index (χ1v) is 9.72. The maximum Gasteiger partial charge on any atom is 0.440 e. The Morgan fingerprint density at radius 2 is 1.76 bits per heavy atom. The first-order chi connectivity index (χ1) is 13.5. The summed E-state index contributed by atoms with van der Waals surface area (Å²) < 4.78 is 73.6. The number of sulfonamides is 1. The van der Waals surface area contributed by atoms with E-state index in [2.05, 4.69) is 4.99 Å². The van der Waals surface area contributed by atoms with Crippen LogP contribution in [0.5, 0.6) is 11.5 Å². The SMILES string of the molecule is NS(=O)(=O)c1ccc(N2CC(O)(C(F)(F)F)N=C2c2ccc3c(c2)OCO3)cc1. The molecular formula is C17H14F3N3O5S. The van der Waals surface area contributed by atoms with Gasteiger partial charge in [-0.3, -0.25) is 0 Å². The molecule has 8 nitrogen and oxygen atoms in total. The third kappa shape index (κ3) is 3.39. The van der Waals surface area contributed by atoms with Crippen LogP contribution in [0.25, 0.3) is 0 Å². The molecule has 2 heterocycles. The van der Waals surface area contributed by atoms with E-state index < -0.39 is 28.5 Å². The Labute approximate surface area is 163 Å². The second-order valence-electron chi connectivity index (χ2n) is 6.44. The minimum Gasteiger partial charge on any atom is -0.454 e. The van der Waals surface area contributed by atoms with Crippen LogP contribution in [0.15, 0.2) is 52.4 Å². The van der Waals surface area contributed by atoms with Crippen molar-refractivity contribution in [2.45, 2.75) is 16.8 Å². The standard InChI is InChI=1S/C17H14F3N3O5S/c18-17(19,20)16(24)8-23(11-2-4-12(5-3-11)29(21,25)26)15(22-16)10-1-6-13-14(7-10)28-9-27-13/h1-7,24H,8-9H2,(H2,21,25,26). The highest BCUT2D eigenvalue weighted by Crippen LogP contribution is 2.40. The molecule has 1 unspecified atom stereocenters. The summed E-state index contributed by atoms with van der Waals surface area (Å²) in [6.45, 7) is -0.925. The van der Waals surface area contributed by atoms with Crippen molar-refractivity contribution in [2.24, 2.45) is 10.1 Å². The second kappa shape index (κ2) is 6.34. The maximum atomic E-state index is 13.4. The number of hydrogen-bond acceptors (Lipinski definition) is 7. The number of rotatable bonds is 3. The number of ether oxygens (including phenoxy) is 2. The summed E-state index contributed by atoms with van der Waals surface area (Å²) in [6.07, 6.45) is -5.02. The molecule has 0 saturated heterocycles. The zero-order valence-electron chi connectivity index (χ0n) is 14.5. The number of halogens is 3.